The van der Waals surface area contributed by atoms with Crippen LogP contribution in [-0.4, -0.2) is 66.8 Å². The van der Waals surface area contributed by atoms with Crippen molar-refractivity contribution in [3.05, 3.63) is 94.3 Å². The number of amides is 3. The highest BCUT2D eigenvalue weighted by atomic mass is 35.5. The lowest BCUT2D eigenvalue weighted by atomic mass is 10.0. The number of anilines is 2. The van der Waals surface area contributed by atoms with Gasteiger partial charge in [-0.05, 0) is 67.8 Å². The molecule has 3 aromatic rings. The van der Waals surface area contributed by atoms with Crippen molar-refractivity contribution in [3.63, 3.8) is 0 Å². The first-order chi connectivity index (χ1) is 18.9. The standard InChI is InChI=1S/C30H30ClFN4O3/c31-26-10-3-2-9-24(26)28(37)33-23-11-12-27(25(20-23)30(39)35-13-4-1-5-14-35)34-15-17-36(18-16-34)29(38)21-7-6-8-22(32)19-21/h2-3,6-12,19-20H,1,4-5,13-18H2,(H,33,37). The van der Waals surface area contributed by atoms with Crippen molar-refractivity contribution >= 4 is 40.7 Å². The molecule has 202 valence electrons. The molecule has 2 saturated heterocycles. The lowest BCUT2D eigenvalue weighted by Gasteiger charge is -2.37. The van der Waals surface area contributed by atoms with Gasteiger partial charge in [-0.2, -0.15) is 0 Å². The first-order valence-electron chi connectivity index (χ1n) is 13.2. The fraction of sp³-hybridized carbons (Fsp3) is 0.300. The molecule has 39 heavy (non-hydrogen) atoms. The van der Waals surface area contributed by atoms with E-state index < -0.39 is 5.82 Å². The van der Waals surface area contributed by atoms with Crippen molar-refractivity contribution in [3.8, 4) is 0 Å². The van der Waals surface area contributed by atoms with Gasteiger partial charge in [0.25, 0.3) is 17.7 Å². The predicted molar refractivity (Wildman–Crippen MR) is 150 cm³/mol. The van der Waals surface area contributed by atoms with Crippen molar-refractivity contribution in [2.24, 2.45) is 0 Å². The Hall–Kier alpha value is -3.91. The first kappa shape index (κ1) is 26.7. The molecule has 2 aliphatic heterocycles. The number of likely N-dealkylation sites (tertiary alicyclic amines) is 1. The van der Waals surface area contributed by atoms with Gasteiger partial charge in [-0.15, -0.1) is 0 Å². The predicted octanol–water partition coefficient (Wildman–Crippen LogP) is 5.32. The summed E-state index contributed by atoms with van der Waals surface area (Å²) >= 11 is 6.20. The Morgan fingerprint density at radius 2 is 1.44 bits per heavy atom. The SMILES string of the molecule is O=C(Nc1ccc(N2CCN(C(=O)c3cccc(F)c3)CC2)c(C(=O)N2CCCCC2)c1)c1ccccc1Cl. The topological polar surface area (TPSA) is 73.0 Å². The zero-order chi connectivity index (χ0) is 27.4. The lowest BCUT2D eigenvalue weighted by Crippen LogP contribution is -2.49. The molecule has 1 N–H and O–H groups in total. The molecule has 7 nitrogen and oxygen atoms in total. The number of nitrogens with zero attached hydrogens (tertiary/aromatic N) is 3. The number of carbonyl (C=O) groups excluding carboxylic acids is 3. The van der Waals surface area contributed by atoms with E-state index in [0.717, 1.165) is 24.9 Å². The van der Waals surface area contributed by atoms with Gasteiger partial charge in [0.15, 0.2) is 0 Å². The fourth-order valence-corrected chi connectivity index (χ4v) is 5.35. The largest absolute Gasteiger partial charge is 0.367 e. The molecule has 0 unspecified atom stereocenters. The molecule has 0 spiro atoms. The summed E-state index contributed by atoms with van der Waals surface area (Å²) in [6.45, 7) is 3.32. The second kappa shape index (κ2) is 11.9. The minimum atomic E-state index is -0.443. The Bertz CT molecular complexity index is 1380. The highest BCUT2D eigenvalue weighted by Gasteiger charge is 2.28. The first-order valence-corrected chi connectivity index (χ1v) is 13.6. The third-order valence-electron chi connectivity index (χ3n) is 7.23. The zero-order valence-electron chi connectivity index (χ0n) is 21.5. The average molecular weight is 549 g/mol. The Labute approximate surface area is 232 Å². The molecule has 3 aromatic carbocycles. The number of hydrogen-bond acceptors (Lipinski definition) is 4. The molecule has 0 atom stereocenters. The van der Waals surface area contributed by atoms with Gasteiger partial charge in [0.05, 0.1) is 16.1 Å². The van der Waals surface area contributed by atoms with E-state index in [0.29, 0.717) is 66.7 Å². The Kier molecular flexibility index (Phi) is 8.12. The molecule has 0 aromatic heterocycles. The maximum atomic E-state index is 13.7. The smallest absolute Gasteiger partial charge is 0.257 e. The summed E-state index contributed by atoms with van der Waals surface area (Å²) in [5.74, 6) is -1.08. The summed E-state index contributed by atoms with van der Waals surface area (Å²) in [5.41, 5.74) is 2.45. The number of piperazine rings is 1. The molecule has 0 radical (unpaired) electrons. The highest BCUT2D eigenvalue weighted by molar-refractivity contribution is 6.34. The van der Waals surface area contributed by atoms with Crippen LogP contribution in [0.5, 0.6) is 0 Å². The van der Waals surface area contributed by atoms with E-state index in [-0.39, 0.29) is 17.7 Å². The summed E-state index contributed by atoms with van der Waals surface area (Å²) in [5, 5.41) is 3.22. The number of halogens is 2. The summed E-state index contributed by atoms with van der Waals surface area (Å²) in [7, 11) is 0. The normalized spacial score (nSPS) is 15.7. The summed E-state index contributed by atoms with van der Waals surface area (Å²) < 4.78 is 13.6. The minimum absolute atomic E-state index is 0.0724. The monoisotopic (exact) mass is 548 g/mol. The Morgan fingerprint density at radius 3 is 2.15 bits per heavy atom. The van der Waals surface area contributed by atoms with Gasteiger partial charge in [0.2, 0.25) is 0 Å². The van der Waals surface area contributed by atoms with Gasteiger partial charge in [-0.1, -0.05) is 29.8 Å². The van der Waals surface area contributed by atoms with Crippen LogP contribution in [0.2, 0.25) is 5.02 Å². The van der Waals surface area contributed by atoms with Gasteiger partial charge in [-0.3, -0.25) is 14.4 Å². The fourth-order valence-electron chi connectivity index (χ4n) is 5.13. The number of hydrogen-bond donors (Lipinski definition) is 1. The van der Waals surface area contributed by atoms with Crippen molar-refractivity contribution in [2.45, 2.75) is 19.3 Å². The third kappa shape index (κ3) is 6.06. The number of carbonyl (C=O) groups is 3. The third-order valence-corrected chi connectivity index (χ3v) is 7.56. The van der Waals surface area contributed by atoms with Crippen molar-refractivity contribution < 1.29 is 18.8 Å². The van der Waals surface area contributed by atoms with E-state index >= 15 is 0 Å². The number of benzene rings is 3. The van der Waals surface area contributed by atoms with E-state index in [4.69, 9.17) is 11.6 Å². The number of rotatable bonds is 5. The summed E-state index contributed by atoms with van der Waals surface area (Å²) in [6.07, 6.45) is 3.03. The molecule has 0 saturated carbocycles. The van der Waals surface area contributed by atoms with Crippen LogP contribution in [0, 0.1) is 5.82 Å². The van der Waals surface area contributed by atoms with Crippen LogP contribution in [0.4, 0.5) is 15.8 Å². The molecule has 2 fully saturated rings. The molecule has 0 bridgehead atoms. The van der Waals surface area contributed by atoms with Gasteiger partial charge < -0.3 is 20.0 Å². The zero-order valence-corrected chi connectivity index (χ0v) is 22.3. The van der Waals surface area contributed by atoms with Crippen molar-refractivity contribution in [1.29, 1.82) is 0 Å². The minimum Gasteiger partial charge on any atom is -0.367 e. The van der Waals surface area contributed by atoms with Crippen LogP contribution in [-0.2, 0) is 0 Å². The summed E-state index contributed by atoms with van der Waals surface area (Å²) in [6, 6.07) is 17.9. The molecular formula is C30H30ClFN4O3. The molecule has 9 heteroatoms. The summed E-state index contributed by atoms with van der Waals surface area (Å²) in [4.78, 5) is 45.1. The van der Waals surface area contributed by atoms with E-state index in [2.05, 4.69) is 10.2 Å². The van der Waals surface area contributed by atoms with E-state index in [9.17, 15) is 18.8 Å². The molecule has 2 heterocycles. The van der Waals surface area contributed by atoms with Crippen LogP contribution in [0.25, 0.3) is 0 Å². The maximum absolute atomic E-state index is 13.7. The van der Waals surface area contributed by atoms with Crippen LogP contribution in [0.1, 0.15) is 50.3 Å². The van der Waals surface area contributed by atoms with Gasteiger partial charge >= 0.3 is 0 Å². The van der Waals surface area contributed by atoms with Gasteiger partial charge in [-0.25, -0.2) is 4.39 Å². The molecular weight excluding hydrogens is 519 g/mol. The number of nitrogens with one attached hydrogen (secondary N) is 1. The van der Waals surface area contributed by atoms with E-state index in [1.165, 1.54) is 18.2 Å². The molecule has 3 amide bonds. The quantitative estimate of drug-likeness (QED) is 0.468. The van der Waals surface area contributed by atoms with Crippen LogP contribution >= 0.6 is 11.6 Å². The Balaban J connectivity index is 1.36. The Morgan fingerprint density at radius 1 is 0.718 bits per heavy atom. The molecule has 5 rings (SSSR count). The van der Waals surface area contributed by atoms with Crippen LogP contribution in [0.3, 0.4) is 0 Å². The molecule has 2 aliphatic rings. The number of piperidine rings is 1. The van der Waals surface area contributed by atoms with Gasteiger partial charge in [0.1, 0.15) is 5.82 Å². The van der Waals surface area contributed by atoms with E-state index in [1.54, 1.807) is 47.4 Å². The van der Waals surface area contributed by atoms with Crippen molar-refractivity contribution in [1.82, 2.24) is 9.80 Å². The maximum Gasteiger partial charge on any atom is 0.257 e. The average Bonchev–Trinajstić information content (AvgIpc) is 2.97. The van der Waals surface area contributed by atoms with Crippen LogP contribution < -0.4 is 10.2 Å². The second-order valence-electron chi connectivity index (χ2n) is 9.81. The highest BCUT2D eigenvalue weighted by Crippen LogP contribution is 2.29. The van der Waals surface area contributed by atoms with Crippen LogP contribution in [0.15, 0.2) is 66.7 Å². The van der Waals surface area contributed by atoms with E-state index in [1.807, 2.05) is 11.0 Å². The van der Waals surface area contributed by atoms with Gasteiger partial charge in [0, 0.05) is 56.2 Å². The second-order valence-corrected chi connectivity index (χ2v) is 10.2. The lowest BCUT2D eigenvalue weighted by molar-refractivity contribution is 0.0718. The van der Waals surface area contributed by atoms with Crippen molar-refractivity contribution in [2.75, 3.05) is 49.5 Å². The molecule has 0 aliphatic carbocycles.